The van der Waals surface area contributed by atoms with E-state index in [9.17, 15) is 14.4 Å². The first-order chi connectivity index (χ1) is 52.8. The van der Waals surface area contributed by atoms with Gasteiger partial charge in [0, 0.05) is 118 Å². The number of aliphatic hydroxyl groups excluding tert-OH is 3. The Balaban J connectivity index is 0.000000334. The normalized spacial score (nSPS) is 10.2. The first-order valence-electron chi connectivity index (χ1n) is 34.7. The number of rotatable bonds is 12. The van der Waals surface area contributed by atoms with Crippen LogP contribution in [0, 0.1) is 32.0 Å². The average molecular weight is 2280 g/mol. The topological polar surface area (TPSA) is 203 Å². The Morgan fingerprint density at radius 3 is 1.32 bits per heavy atom. The molecule has 0 saturated carbocycles. The van der Waals surface area contributed by atoms with Crippen LogP contribution >= 0.6 is 38.5 Å². The van der Waals surface area contributed by atoms with Crippen LogP contribution in [0.5, 0.6) is 0 Å². The number of allylic oxidation sites excluding steroid dienone is 5. The SMILES string of the molecule is CC(=O)C=C(C)O.CC(=O)C=C(C)O.CC(=O)C=CO.C[PH+](c1ccccc1)c1ccccc1.C[PH+](c1ccccc1)c1ccccc1.Cc1ccnc(-c2nc(C)n[n-]2)c1.[Ir].[Ir].[Ir].[Os+].[c-]1c(-c2ccccn2)sc2ccccc12.[c-]1ccc(-c2ccccc2)cc1-c1ccccn1.[c-]1ccccc1-c1nc2ccccc2s1. The van der Waals surface area contributed by atoms with Crippen molar-refractivity contribution in [2.24, 2.45) is 0 Å². The van der Waals surface area contributed by atoms with Gasteiger partial charge in [-0.05, 0) is 166 Å². The number of benzene rings is 9. The monoisotopic (exact) mass is 2280 g/mol. The van der Waals surface area contributed by atoms with Crippen molar-refractivity contribution >= 4 is 97.4 Å². The van der Waals surface area contributed by atoms with Crippen molar-refractivity contribution in [3.05, 3.63) is 375 Å². The van der Waals surface area contributed by atoms with E-state index in [1.807, 2.05) is 141 Å². The minimum atomic E-state index is -0.545. The molecule has 13 nitrogen and oxygen atoms in total. The molecule has 0 unspecified atom stereocenters. The molecule has 15 aromatic rings. The van der Waals surface area contributed by atoms with Gasteiger partial charge in [0.15, 0.2) is 17.3 Å². The number of aromatic nitrogens is 7. The third kappa shape index (κ3) is 36.5. The molecule has 0 atom stereocenters. The van der Waals surface area contributed by atoms with Gasteiger partial charge in [-0.2, -0.15) is 11.3 Å². The quantitative estimate of drug-likeness (QED) is 0.0451. The fourth-order valence-corrected chi connectivity index (χ4v) is 15.2. The summed E-state index contributed by atoms with van der Waals surface area (Å²) in [6.45, 7) is 15.6. The maximum Gasteiger partial charge on any atom is 1.00 e. The van der Waals surface area contributed by atoms with E-state index in [4.69, 9.17) is 15.3 Å². The summed E-state index contributed by atoms with van der Waals surface area (Å²) in [4.78, 5) is 52.5. The number of para-hydroxylation sites is 1. The van der Waals surface area contributed by atoms with Crippen LogP contribution in [0.4, 0.5) is 0 Å². The van der Waals surface area contributed by atoms with Gasteiger partial charge in [-0.25, -0.2) is 11.3 Å². The first-order valence-corrected chi connectivity index (χ1v) is 40.3. The number of hydrogen-bond acceptors (Lipinski definition) is 14. The van der Waals surface area contributed by atoms with Crippen LogP contribution < -0.4 is 26.3 Å². The molecule has 0 bridgehead atoms. The van der Waals surface area contributed by atoms with Gasteiger partial charge in [0.2, 0.25) is 0 Å². The molecule has 6 aromatic heterocycles. The number of thiophene rings is 1. The number of thiazole rings is 1. The molecule has 0 fully saturated rings. The zero-order valence-electron chi connectivity index (χ0n) is 63.6. The second-order valence-corrected chi connectivity index (χ2v) is 30.8. The van der Waals surface area contributed by atoms with Gasteiger partial charge in [0.05, 0.1) is 79.4 Å². The van der Waals surface area contributed by atoms with Crippen LogP contribution in [0.25, 0.3) is 75.3 Å². The fourth-order valence-electron chi connectivity index (χ4n) is 9.85. The van der Waals surface area contributed by atoms with Crippen molar-refractivity contribution in [2.75, 3.05) is 13.3 Å². The molecule has 0 aliphatic heterocycles. The van der Waals surface area contributed by atoms with Gasteiger partial charge in [-0.3, -0.25) is 29.5 Å². The maximum absolute atomic E-state index is 10.0. The minimum absolute atomic E-state index is 0. The summed E-state index contributed by atoms with van der Waals surface area (Å²) in [7, 11) is -1.09. The predicted molar refractivity (Wildman–Crippen MR) is 459 cm³/mol. The number of carbonyl (C=O) groups excluding carboxylic acids is 3. The van der Waals surface area contributed by atoms with Crippen molar-refractivity contribution in [3.8, 4) is 55.0 Å². The average Bonchev–Trinajstić information content (AvgIpc) is 1.74. The Kier molecular flexibility index (Phi) is 47.6. The summed E-state index contributed by atoms with van der Waals surface area (Å²) >= 11 is 3.44. The van der Waals surface area contributed by atoms with Crippen molar-refractivity contribution in [3.63, 3.8) is 0 Å². The van der Waals surface area contributed by atoms with Crippen LogP contribution in [-0.4, -0.2) is 76.0 Å². The molecule has 9 aromatic carbocycles. The summed E-state index contributed by atoms with van der Waals surface area (Å²) in [6, 6.07) is 109. The molecule has 21 heteroatoms. The summed E-state index contributed by atoms with van der Waals surface area (Å²) in [6.07, 6.45) is 9.50. The second-order valence-electron chi connectivity index (χ2n) is 23.9. The number of hydrogen-bond donors (Lipinski definition) is 3. The van der Waals surface area contributed by atoms with Gasteiger partial charge in [0.1, 0.15) is 0 Å². The summed E-state index contributed by atoms with van der Waals surface area (Å²) < 4.78 is 2.49. The molecule has 113 heavy (non-hydrogen) atoms. The second kappa shape index (κ2) is 55.0. The van der Waals surface area contributed by atoms with E-state index < -0.39 is 15.8 Å². The standard InChI is InChI=1S/C17H12N.2C13H8NS.2C13H13P.C9H9N4.2C5H8O2.C4H6O2.3Ir.Os/c1-2-7-14(8-3-1)15-9-6-10-16(13-15)17-11-4-5-12-18-17;1-2-7-12-10(5-1)9-13(15-12)11-6-3-4-8-14-11;1-2-6-10(7-3-1)13-14-11-8-4-5-9-12(11)15-13;2*1-14(12-8-4-2-5-9-12)13-10-6-3-7-11-13;1-6-3-4-10-8(5-6)9-11-7(2)12-13-9;2*1-4(6)3-5(2)7;1-4(6)2-3-5;;;;/h1-9,11-13H;1-8H;1-6,8-9H;2*2-11H,1H3;3-5H,1-2H3;2*3,6H,1-2H3;2-3,5H,1H3;;;;/q3*-1;;;-1;;;;;;;+1/p+2. The Morgan fingerprint density at radius 1 is 0.442 bits per heavy atom. The van der Waals surface area contributed by atoms with Crippen LogP contribution in [0.1, 0.15) is 46.0 Å². The minimum Gasteiger partial charge on any atom is -0.515 e. The summed E-state index contributed by atoms with van der Waals surface area (Å²) in [5.74, 6) is 1.01. The summed E-state index contributed by atoms with van der Waals surface area (Å²) in [5.41, 5.74) is 9.44. The number of fused-ring (bicyclic) bond motifs is 2. The molecular formula is C92H87Ir3N7O6OsP2S2-. The molecule has 0 saturated heterocycles. The number of aryl methyl sites for hydroxylation is 2. The van der Waals surface area contributed by atoms with Gasteiger partial charge in [0.25, 0.3) is 0 Å². The molecule has 0 aliphatic rings. The van der Waals surface area contributed by atoms with Gasteiger partial charge in [-0.1, -0.05) is 152 Å². The fraction of sp³-hybridized carbons (Fsp3) is 0.0978. The van der Waals surface area contributed by atoms with Crippen molar-refractivity contribution in [1.29, 1.82) is 0 Å². The predicted octanol–water partition coefficient (Wildman–Crippen LogP) is 20.5. The van der Waals surface area contributed by atoms with Crippen LogP contribution in [-0.2, 0) is 94.5 Å². The van der Waals surface area contributed by atoms with Gasteiger partial charge in [-0.15, -0.1) is 94.9 Å². The number of aliphatic hydroxyl groups is 3. The van der Waals surface area contributed by atoms with E-state index >= 15 is 0 Å². The van der Waals surface area contributed by atoms with E-state index in [2.05, 4.69) is 237 Å². The van der Waals surface area contributed by atoms with Crippen molar-refractivity contribution in [1.82, 2.24) is 35.1 Å². The number of ketones is 3. The smallest absolute Gasteiger partial charge is 0.515 e. The third-order valence-corrected chi connectivity index (χ3v) is 21.9. The molecule has 0 aliphatic carbocycles. The van der Waals surface area contributed by atoms with E-state index in [0.29, 0.717) is 11.6 Å². The van der Waals surface area contributed by atoms with Gasteiger partial charge < -0.3 is 35.4 Å². The Labute approximate surface area is 727 Å². The zero-order chi connectivity index (χ0) is 78.0. The molecule has 0 spiro atoms. The number of nitrogens with zero attached hydrogens (tertiary/aromatic N) is 7. The molecular weight excluding hydrogens is 2190 g/mol. The van der Waals surface area contributed by atoms with Crippen LogP contribution in [0.15, 0.2) is 346 Å². The number of pyridine rings is 3. The van der Waals surface area contributed by atoms with E-state index in [0.717, 1.165) is 61.5 Å². The zero-order valence-corrected chi connectivity index (χ0v) is 77.0. The van der Waals surface area contributed by atoms with Crippen molar-refractivity contribution < 1.29 is 110 Å². The Morgan fingerprint density at radius 2 is 0.903 bits per heavy atom. The van der Waals surface area contributed by atoms with Crippen molar-refractivity contribution in [2.45, 2.75) is 48.5 Å². The third-order valence-electron chi connectivity index (χ3n) is 15.0. The first kappa shape index (κ1) is 97.7. The van der Waals surface area contributed by atoms with Gasteiger partial charge >= 0.3 is 19.8 Å². The molecule has 6 heterocycles. The Bertz CT molecular complexity index is 4850. The van der Waals surface area contributed by atoms with E-state index in [1.165, 1.54) is 93.9 Å². The Hall–Kier alpha value is -9.51. The van der Waals surface area contributed by atoms with Crippen LogP contribution in [0.2, 0.25) is 0 Å². The molecule has 15 rings (SSSR count). The summed E-state index contributed by atoms with van der Waals surface area (Å²) in [5, 5.41) is 40.4. The number of carbonyl (C=O) groups is 3. The van der Waals surface area contributed by atoms with Crippen LogP contribution in [0.3, 0.4) is 0 Å². The largest absolute Gasteiger partial charge is 1.00 e. The molecule has 4 radical (unpaired) electrons. The van der Waals surface area contributed by atoms with E-state index in [-0.39, 0.29) is 109 Å². The van der Waals surface area contributed by atoms with E-state index in [1.54, 1.807) is 35.1 Å². The molecule has 3 N–H and O–H groups in total. The maximum atomic E-state index is 10.0. The molecule has 584 valence electrons. The molecule has 0 amide bonds.